The van der Waals surface area contributed by atoms with Crippen LogP contribution in [0.25, 0.3) is 10.9 Å². The largest absolute Gasteiger partial charge is 0.481 e. The molecule has 0 saturated carbocycles. The number of aliphatic carboxylic acids is 2. The van der Waals surface area contributed by atoms with Gasteiger partial charge >= 0.3 is 11.9 Å². The number of fused-ring (bicyclic) bond motifs is 1. The van der Waals surface area contributed by atoms with Gasteiger partial charge in [0.15, 0.2) is 0 Å². The molecule has 3 unspecified atom stereocenters. The number of aromatic amines is 1. The maximum atomic E-state index is 12.9. The molecule has 2 aromatic rings. The number of carbonyl (C=O) groups is 5. The van der Waals surface area contributed by atoms with Crippen molar-refractivity contribution in [1.82, 2.24) is 20.9 Å². The van der Waals surface area contributed by atoms with E-state index < -0.39 is 60.8 Å². The second-order valence-electron chi connectivity index (χ2n) is 8.29. The van der Waals surface area contributed by atoms with Gasteiger partial charge in [-0.05, 0) is 31.0 Å². The van der Waals surface area contributed by atoms with Crippen molar-refractivity contribution in [3.05, 3.63) is 36.0 Å². The highest BCUT2D eigenvalue weighted by molar-refractivity contribution is 5.94. The molecule has 13 heteroatoms. The van der Waals surface area contributed by atoms with Crippen molar-refractivity contribution in [2.45, 2.75) is 50.2 Å². The smallest absolute Gasteiger partial charge is 0.326 e. The van der Waals surface area contributed by atoms with Gasteiger partial charge in [-0.2, -0.15) is 0 Å². The van der Waals surface area contributed by atoms with Gasteiger partial charge in [0, 0.05) is 23.5 Å². The third-order valence-corrected chi connectivity index (χ3v) is 5.47. The lowest BCUT2D eigenvalue weighted by Gasteiger charge is -2.21. The summed E-state index contributed by atoms with van der Waals surface area (Å²) in [5, 5.41) is 25.7. The van der Waals surface area contributed by atoms with E-state index in [4.69, 9.17) is 21.7 Å². The number of H-pyrrole nitrogens is 1. The maximum Gasteiger partial charge on any atom is 0.326 e. The van der Waals surface area contributed by atoms with E-state index in [0.29, 0.717) is 25.8 Å². The number of carboxylic acids is 2. The summed E-state index contributed by atoms with van der Waals surface area (Å²) in [5.41, 5.74) is 13.0. The summed E-state index contributed by atoms with van der Waals surface area (Å²) in [5.74, 6) is -5.05. The van der Waals surface area contributed by atoms with Gasteiger partial charge in [-0.25, -0.2) is 4.79 Å². The summed E-state index contributed by atoms with van der Waals surface area (Å²) in [6, 6.07) is 3.81. The molecule has 0 saturated heterocycles. The van der Waals surface area contributed by atoms with Crippen LogP contribution in [0.3, 0.4) is 0 Å². The molecule has 3 amide bonds. The van der Waals surface area contributed by atoms with Crippen LogP contribution in [0, 0.1) is 0 Å². The number of benzene rings is 1. The molecule has 0 bridgehead atoms. The first-order valence-electron chi connectivity index (χ1n) is 11.4. The number of aromatic nitrogens is 1. The van der Waals surface area contributed by atoms with Crippen LogP contribution >= 0.6 is 0 Å². The molecule has 1 aromatic carbocycles. The van der Waals surface area contributed by atoms with E-state index in [1.54, 1.807) is 6.20 Å². The maximum absolute atomic E-state index is 12.9. The zero-order valence-electron chi connectivity index (χ0n) is 19.7. The molecular weight excluding hydrogens is 472 g/mol. The first-order chi connectivity index (χ1) is 17.1. The van der Waals surface area contributed by atoms with Gasteiger partial charge in [-0.15, -0.1) is 0 Å². The molecule has 1 heterocycles. The molecule has 0 aliphatic rings. The fourth-order valence-corrected chi connectivity index (χ4v) is 3.56. The standard InChI is InChI=1S/C23H32N6O7/c24-8-4-3-6-15(25)21(33)29-17(9-13-11-26-16-7-2-1-5-14(13)16)22(34)27-12-19(30)28-18(23(35)36)10-20(31)32/h1-2,5,7,11,15,17-18,26H,3-4,6,8-10,12,24-25H2,(H,27,34)(H,28,30)(H,29,33)(H,31,32)(H,35,36). The SMILES string of the molecule is NCCCCC(N)C(=O)NC(Cc1c[nH]c2ccccc12)C(=O)NCC(=O)NC(CC(=O)O)C(=O)O. The van der Waals surface area contributed by atoms with Gasteiger partial charge < -0.3 is 42.6 Å². The Morgan fingerprint density at radius 3 is 2.36 bits per heavy atom. The number of para-hydroxylation sites is 1. The molecular formula is C23H32N6O7. The number of carbonyl (C=O) groups excluding carboxylic acids is 3. The molecule has 196 valence electrons. The Morgan fingerprint density at radius 2 is 1.69 bits per heavy atom. The van der Waals surface area contributed by atoms with E-state index in [9.17, 15) is 24.0 Å². The van der Waals surface area contributed by atoms with Gasteiger partial charge in [0.1, 0.15) is 12.1 Å². The van der Waals surface area contributed by atoms with Gasteiger partial charge in [-0.3, -0.25) is 19.2 Å². The second kappa shape index (κ2) is 13.8. The van der Waals surface area contributed by atoms with Crippen LogP contribution in [0.15, 0.2) is 30.5 Å². The summed E-state index contributed by atoms with van der Waals surface area (Å²) in [7, 11) is 0. The second-order valence-corrected chi connectivity index (χ2v) is 8.29. The predicted molar refractivity (Wildman–Crippen MR) is 130 cm³/mol. The molecule has 0 aliphatic carbocycles. The van der Waals surface area contributed by atoms with Crippen molar-refractivity contribution < 1.29 is 34.2 Å². The third kappa shape index (κ3) is 8.67. The van der Waals surface area contributed by atoms with E-state index >= 15 is 0 Å². The van der Waals surface area contributed by atoms with Gasteiger partial charge in [-0.1, -0.05) is 24.6 Å². The number of hydrogen-bond acceptors (Lipinski definition) is 7. The number of nitrogens with one attached hydrogen (secondary N) is 4. The van der Waals surface area contributed by atoms with E-state index in [1.807, 2.05) is 29.6 Å². The number of carboxylic acid groups (broad SMARTS) is 2. The molecule has 0 radical (unpaired) electrons. The zero-order valence-corrected chi connectivity index (χ0v) is 19.7. The summed E-state index contributed by atoms with van der Waals surface area (Å²) < 4.78 is 0. The lowest BCUT2D eigenvalue weighted by Crippen LogP contribution is -2.54. The quantitative estimate of drug-likeness (QED) is 0.136. The lowest BCUT2D eigenvalue weighted by atomic mass is 10.0. The average Bonchev–Trinajstić information content (AvgIpc) is 3.24. The monoisotopic (exact) mass is 504 g/mol. The molecule has 0 fully saturated rings. The van der Waals surface area contributed by atoms with Crippen LogP contribution < -0.4 is 27.4 Å². The minimum atomic E-state index is -1.65. The normalized spacial score (nSPS) is 13.4. The molecule has 10 N–H and O–H groups in total. The van der Waals surface area contributed by atoms with Crippen molar-refractivity contribution in [3.8, 4) is 0 Å². The Labute approximate surface area is 207 Å². The summed E-state index contributed by atoms with van der Waals surface area (Å²) in [6.07, 6.45) is 2.72. The Balaban J connectivity index is 2.09. The zero-order chi connectivity index (χ0) is 26.7. The Bertz CT molecular complexity index is 1090. The molecule has 2 rings (SSSR count). The number of rotatable bonds is 15. The predicted octanol–water partition coefficient (Wildman–Crippen LogP) is -1.19. The van der Waals surface area contributed by atoms with Crippen LogP contribution in [0.1, 0.15) is 31.2 Å². The van der Waals surface area contributed by atoms with Crippen LogP contribution in [-0.2, 0) is 30.4 Å². The first kappa shape index (κ1) is 28.3. The van der Waals surface area contributed by atoms with E-state index in [1.165, 1.54) is 0 Å². The molecule has 13 nitrogen and oxygen atoms in total. The van der Waals surface area contributed by atoms with E-state index in [2.05, 4.69) is 15.6 Å². The minimum absolute atomic E-state index is 0.0927. The van der Waals surface area contributed by atoms with Crippen LogP contribution in [0.2, 0.25) is 0 Å². The highest BCUT2D eigenvalue weighted by Crippen LogP contribution is 2.19. The summed E-state index contributed by atoms with van der Waals surface area (Å²) in [6.45, 7) is -0.151. The number of unbranched alkanes of at least 4 members (excludes halogenated alkanes) is 1. The Hall–Kier alpha value is -3.97. The van der Waals surface area contributed by atoms with E-state index in [-0.39, 0.29) is 6.42 Å². The molecule has 1 aromatic heterocycles. The van der Waals surface area contributed by atoms with Crippen molar-refractivity contribution in [1.29, 1.82) is 0 Å². The molecule has 0 aliphatic heterocycles. The fraction of sp³-hybridized carbons (Fsp3) is 0.435. The Kier molecular flexibility index (Phi) is 10.8. The Morgan fingerprint density at radius 1 is 0.972 bits per heavy atom. The summed E-state index contributed by atoms with van der Waals surface area (Å²) >= 11 is 0. The fourth-order valence-electron chi connectivity index (χ4n) is 3.56. The summed E-state index contributed by atoms with van der Waals surface area (Å²) in [4.78, 5) is 62.8. The average molecular weight is 505 g/mol. The van der Waals surface area contributed by atoms with E-state index in [0.717, 1.165) is 16.5 Å². The topological polar surface area (TPSA) is 230 Å². The number of hydrogen-bond donors (Lipinski definition) is 8. The van der Waals surface area contributed by atoms with Crippen LogP contribution in [0.5, 0.6) is 0 Å². The van der Waals surface area contributed by atoms with Crippen LogP contribution in [0.4, 0.5) is 0 Å². The molecule has 0 spiro atoms. The van der Waals surface area contributed by atoms with Crippen molar-refractivity contribution in [2.75, 3.05) is 13.1 Å². The molecule has 36 heavy (non-hydrogen) atoms. The number of nitrogens with two attached hydrogens (primary N) is 2. The van der Waals surface area contributed by atoms with Gasteiger partial charge in [0.05, 0.1) is 19.0 Å². The number of amides is 3. The highest BCUT2D eigenvalue weighted by Gasteiger charge is 2.27. The molecule has 3 atom stereocenters. The third-order valence-electron chi connectivity index (χ3n) is 5.47. The van der Waals surface area contributed by atoms with Crippen molar-refractivity contribution in [3.63, 3.8) is 0 Å². The van der Waals surface area contributed by atoms with Crippen LogP contribution in [-0.4, -0.2) is 76.1 Å². The lowest BCUT2D eigenvalue weighted by molar-refractivity contribution is -0.147. The van der Waals surface area contributed by atoms with Crippen molar-refractivity contribution in [2.24, 2.45) is 11.5 Å². The first-order valence-corrected chi connectivity index (χ1v) is 11.4. The highest BCUT2D eigenvalue weighted by atomic mass is 16.4. The van der Waals surface area contributed by atoms with Gasteiger partial charge in [0.2, 0.25) is 17.7 Å². The minimum Gasteiger partial charge on any atom is -0.481 e. The van der Waals surface area contributed by atoms with Crippen molar-refractivity contribution >= 4 is 40.6 Å². The van der Waals surface area contributed by atoms with Gasteiger partial charge in [0.25, 0.3) is 0 Å².